The minimum atomic E-state index is -0.295. The topological polar surface area (TPSA) is 42.2 Å². The second-order valence-corrected chi connectivity index (χ2v) is 4.22. The van der Waals surface area contributed by atoms with Gasteiger partial charge in [0.1, 0.15) is 5.76 Å². The average Bonchev–Trinajstić information content (AvgIpc) is 2.37. The number of rotatable bonds is 5. The normalized spacial score (nSPS) is 10.3. The first kappa shape index (κ1) is 12.4. The summed E-state index contributed by atoms with van der Waals surface area (Å²) in [7, 11) is 0. The van der Waals surface area contributed by atoms with Crippen molar-refractivity contribution in [1.82, 2.24) is 0 Å². The van der Waals surface area contributed by atoms with Crippen LogP contribution < -0.4 is 10.9 Å². The Hall–Kier alpha value is -2.03. The van der Waals surface area contributed by atoms with Gasteiger partial charge in [-0.15, -0.1) is 0 Å². The van der Waals surface area contributed by atoms with Crippen LogP contribution in [0.1, 0.15) is 24.7 Å². The predicted molar refractivity (Wildman–Crippen MR) is 72.7 cm³/mol. The highest BCUT2D eigenvalue weighted by Crippen LogP contribution is 2.11. The van der Waals surface area contributed by atoms with Crippen molar-refractivity contribution in [3.8, 4) is 0 Å². The molecule has 0 saturated carbocycles. The molecule has 0 unspecified atom stereocenters. The van der Waals surface area contributed by atoms with Gasteiger partial charge in [-0.25, -0.2) is 4.79 Å². The molecule has 0 spiro atoms. The molecule has 0 saturated heterocycles. The molecule has 2 aromatic rings. The van der Waals surface area contributed by atoms with Crippen molar-refractivity contribution in [3.63, 3.8) is 0 Å². The van der Waals surface area contributed by atoms with Gasteiger partial charge in [0, 0.05) is 30.8 Å². The minimum Gasteiger partial charge on any atom is -0.428 e. The third-order valence-electron chi connectivity index (χ3n) is 2.66. The van der Waals surface area contributed by atoms with Gasteiger partial charge >= 0.3 is 5.63 Å². The van der Waals surface area contributed by atoms with Crippen LogP contribution in [0.4, 0.5) is 5.69 Å². The van der Waals surface area contributed by atoms with E-state index >= 15 is 0 Å². The van der Waals surface area contributed by atoms with E-state index in [-0.39, 0.29) is 5.63 Å². The zero-order chi connectivity index (χ0) is 12.8. The Kier molecular flexibility index (Phi) is 4.18. The maximum absolute atomic E-state index is 11.4. The molecule has 0 radical (unpaired) electrons. The molecule has 1 N–H and O–H groups in total. The molecule has 0 aliphatic carbocycles. The van der Waals surface area contributed by atoms with Gasteiger partial charge in [-0.1, -0.05) is 37.3 Å². The summed E-state index contributed by atoms with van der Waals surface area (Å²) in [6, 6.07) is 13.5. The number of benzene rings is 1. The fraction of sp³-hybridized carbons (Fsp3) is 0.267. The molecular formula is C15H17NO2. The molecule has 1 heterocycles. The molecule has 3 heteroatoms. The maximum atomic E-state index is 11.4. The number of hydrogen-bond donors (Lipinski definition) is 1. The van der Waals surface area contributed by atoms with Crippen LogP contribution in [0.15, 0.2) is 51.7 Å². The highest BCUT2D eigenvalue weighted by Gasteiger charge is 2.01. The Morgan fingerprint density at radius 1 is 1.17 bits per heavy atom. The largest absolute Gasteiger partial charge is 0.428 e. The lowest BCUT2D eigenvalue weighted by atomic mass is 10.2. The average molecular weight is 243 g/mol. The van der Waals surface area contributed by atoms with Gasteiger partial charge in [0.2, 0.25) is 0 Å². The molecule has 0 atom stereocenters. The summed E-state index contributed by atoms with van der Waals surface area (Å²) < 4.78 is 5.11. The summed E-state index contributed by atoms with van der Waals surface area (Å²) in [5.41, 5.74) is 1.71. The predicted octanol–water partition coefficient (Wildman–Crippen LogP) is 3.20. The van der Waals surface area contributed by atoms with Gasteiger partial charge in [0.25, 0.3) is 0 Å². The van der Waals surface area contributed by atoms with Crippen LogP contribution in [0.25, 0.3) is 0 Å². The Bertz CT molecular complexity index is 546. The van der Waals surface area contributed by atoms with Gasteiger partial charge < -0.3 is 9.73 Å². The Labute approximate surface area is 106 Å². The fourth-order valence-corrected chi connectivity index (χ4v) is 1.80. The first-order valence-corrected chi connectivity index (χ1v) is 6.20. The second-order valence-electron chi connectivity index (χ2n) is 4.22. The van der Waals surface area contributed by atoms with Crippen molar-refractivity contribution in [2.45, 2.75) is 26.3 Å². The molecule has 2 rings (SSSR count). The first-order chi connectivity index (χ1) is 8.78. The molecule has 18 heavy (non-hydrogen) atoms. The molecule has 0 bridgehead atoms. The van der Waals surface area contributed by atoms with E-state index in [0.717, 1.165) is 24.3 Å². The summed E-state index contributed by atoms with van der Waals surface area (Å²) in [4.78, 5) is 11.4. The number of nitrogens with one attached hydrogen (secondary N) is 1. The highest BCUT2D eigenvalue weighted by atomic mass is 16.4. The Balaban J connectivity index is 2.07. The summed E-state index contributed by atoms with van der Waals surface area (Å²) in [5.74, 6) is 0.737. The van der Waals surface area contributed by atoms with E-state index in [2.05, 4.69) is 12.2 Å². The van der Waals surface area contributed by atoms with Crippen molar-refractivity contribution in [3.05, 3.63) is 64.2 Å². The Morgan fingerprint density at radius 2 is 1.94 bits per heavy atom. The van der Waals surface area contributed by atoms with Gasteiger partial charge in [-0.2, -0.15) is 0 Å². The van der Waals surface area contributed by atoms with Gasteiger partial charge in [0.05, 0.1) is 0 Å². The van der Waals surface area contributed by atoms with E-state index in [1.165, 1.54) is 11.6 Å². The smallest absolute Gasteiger partial charge is 0.337 e. The lowest BCUT2D eigenvalue weighted by Crippen LogP contribution is -2.05. The van der Waals surface area contributed by atoms with E-state index in [4.69, 9.17) is 4.42 Å². The monoisotopic (exact) mass is 243 g/mol. The SMILES string of the molecule is CCCc1cc(NCc2ccccc2)cc(=O)o1. The molecular weight excluding hydrogens is 226 g/mol. The summed E-state index contributed by atoms with van der Waals surface area (Å²) in [6.07, 6.45) is 1.75. The van der Waals surface area contributed by atoms with Gasteiger partial charge in [0.15, 0.2) is 0 Å². The quantitative estimate of drug-likeness (QED) is 0.876. The van der Waals surface area contributed by atoms with Crippen molar-refractivity contribution >= 4 is 5.69 Å². The van der Waals surface area contributed by atoms with E-state index in [0.29, 0.717) is 6.54 Å². The molecule has 94 valence electrons. The summed E-state index contributed by atoms with van der Waals surface area (Å²) in [5, 5.41) is 3.24. The molecule has 1 aromatic carbocycles. The van der Waals surface area contributed by atoms with Crippen LogP contribution >= 0.6 is 0 Å². The summed E-state index contributed by atoms with van der Waals surface area (Å²) >= 11 is 0. The minimum absolute atomic E-state index is 0.295. The summed E-state index contributed by atoms with van der Waals surface area (Å²) in [6.45, 7) is 2.76. The van der Waals surface area contributed by atoms with Crippen LogP contribution in [0.2, 0.25) is 0 Å². The lowest BCUT2D eigenvalue weighted by molar-refractivity contribution is 0.457. The Morgan fingerprint density at radius 3 is 2.67 bits per heavy atom. The first-order valence-electron chi connectivity index (χ1n) is 6.20. The van der Waals surface area contributed by atoms with E-state index in [1.807, 2.05) is 36.4 Å². The standard InChI is InChI=1S/C15H17NO2/c1-2-6-14-9-13(10-15(17)18-14)16-11-12-7-4-3-5-8-12/h3-5,7-10,16H,2,6,11H2,1H3. The fourth-order valence-electron chi connectivity index (χ4n) is 1.80. The highest BCUT2D eigenvalue weighted by molar-refractivity contribution is 5.43. The number of hydrogen-bond acceptors (Lipinski definition) is 3. The molecule has 0 amide bonds. The van der Waals surface area contributed by atoms with E-state index < -0.39 is 0 Å². The van der Waals surface area contributed by atoms with Crippen LogP contribution in [0.5, 0.6) is 0 Å². The maximum Gasteiger partial charge on any atom is 0.337 e. The van der Waals surface area contributed by atoms with Crippen LogP contribution in [-0.2, 0) is 13.0 Å². The van der Waals surface area contributed by atoms with Crippen LogP contribution in [-0.4, -0.2) is 0 Å². The van der Waals surface area contributed by atoms with Crippen LogP contribution in [0, 0.1) is 0 Å². The molecule has 0 fully saturated rings. The third-order valence-corrected chi connectivity index (χ3v) is 2.66. The molecule has 0 aliphatic heterocycles. The molecule has 1 aromatic heterocycles. The molecule has 3 nitrogen and oxygen atoms in total. The van der Waals surface area contributed by atoms with Crippen molar-refractivity contribution in [1.29, 1.82) is 0 Å². The zero-order valence-corrected chi connectivity index (χ0v) is 10.5. The van der Waals surface area contributed by atoms with Crippen LogP contribution in [0.3, 0.4) is 0 Å². The number of anilines is 1. The zero-order valence-electron chi connectivity index (χ0n) is 10.5. The van der Waals surface area contributed by atoms with E-state index in [9.17, 15) is 4.79 Å². The third kappa shape index (κ3) is 3.48. The lowest BCUT2D eigenvalue weighted by Gasteiger charge is -2.07. The molecule has 0 aliphatic rings. The number of aryl methyl sites for hydroxylation is 1. The second kappa shape index (κ2) is 6.05. The van der Waals surface area contributed by atoms with Crippen molar-refractivity contribution in [2.75, 3.05) is 5.32 Å². The van der Waals surface area contributed by atoms with Crippen molar-refractivity contribution in [2.24, 2.45) is 0 Å². The van der Waals surface area contributed by atoms with E-state index in [1.54, 1.807) is 0 Å². The van der Waals surface area contributed by atoms with Crippen molar-refractivity contribution < 1.29 is 4.42 Å². The van der Waals surface area contributed by atoms with Gasteiger partial charge in [-0.05, 0) is 12.0 Å². The van der Waals surface area contributed by atoms with Gasteiger partial charge in [-0.3, -0.25) is 0 Å².